The Balaban J connectivity index is 1.56. The maximum atomic E-state index is 13.1. The first kappa shape index (κ1) is 22.6. The van der Waals surface area contributed by atoms with Crippen LogP contribution in [-0.4, -0.2) is 70.4 Å². The molecule has 0 aromatic carbocycles. The Morgan fingerprint density at radius 1 is 1.19 bits per heavy atom. The fraction of sp³-hybridized carbons (Fsp3) is 0.455. The summed E-state index contributed by atoms with van der Waals surface area (Å²) in [5.74, 6) is -0.335. The van der Waals surface area contributed by atoms with E-state index in [1.165, 1.54) is 11.8 Å². The van der Waals surface area contributed by atoms with Gasteiger partial charge < -0.3 is 19.4 Å². The van der Waals surface area contributed by atoms with Crippen LogP contribution >= 0.6 is 23.1 Å². The lowest BCUT2D eigenvalue weighted by Crippen LogP contribution is -2.50. The molecule has 0 bridgehead atoms. The molecule has 4 rings (SSSR count). The minimum Gasteiger partial charge on any atom is -0.463 e. The second-order valence-corrected chi connectivity index (χ2v) is 9.51. The highest BCUT2D eigenvalue weighted by atomic mass is 32.2. The van der Waals surface area contributed by atoms with E-state index in [1.807, 2.05) is 34.7 Å². The summed E-state index contributed by atoms with van der Waals surface area (Å²) in [5, 5.41) is 4.69. The van der Waals surface area contributed by atoms with Crippen LogP contribution in [0.2, 0.25) is 0 Å². The first-order chi connectivity index (χ1) is 15.4. The molecule has 8 nitrogen and oxygen atoms in total. The fourth-order valence-electron chi connectivity index (χ4n) is 4.09. The third kappa shape index (κ3) is 4.33. The van der Waals surface area contributed by atoms with E-state index in [4.69, 9.17) is 4.74 Å². The van der Waals surface area contributed by atoms with E-state index < -0.39 is 0 Å². The van der Waals surface area contributed by atoms with Crippen molar-refractivity contribution in [1.29, 1.82) is 0 Å². The second-order valence-electron chi connectivity index (χ2n) is 7.69. The Labute approximate surface area is 195 Å². The number of nitrogens with zero attached hydrogens (tertiary/aromatic N) is 4. The summed E-state index contributed by atoms with van der Waals surface area (Å²) in [5.41, 5.74) is 1.97. The molecule has 0 aliphatic carbocycles. The lowest BCUT2D eigenvalue weighted by atomic mass is 9.99. The van der Waals surface area contributed by atoms with Crippen LogP contribution in [0.15, 0.2) is 44.9 Å². The van der Waals surface area contributed by atoms with Gasteiger partial charge in [-0.05, 0) is 30.7 Å². The Bertz CT molecular complexity index is 1010. The van der Waals surface area contributed by atoms with E-state index in [9.17, 15) is 14.4 Å². The SMILES string of the molecule is CCOC(=O)C1=C(C)N=C2SC=C(CC(=O)N3CCN(C(C)=O)CC3)N2[C@H]1c1cccs1. The Morgan fingerprint density at radius 3 is 2.53 bits per heavy atom. The number of aliphatic imine (C=N–C) groups is 1. The van der Waals surface area contributed by atoms with Gasteiger partial charge in [0.15, 0.2) is 5.17 Å². The van der Waals surface area contributed by atoms with Crippen molar-refractivity contribution in [3.63, 3.8) is 0 Å². The van der Waals surface area contributed by atoms with Gasteiger partial charge in [-0.2, -0.15) is 0 Å². The van der Waals surface area contributed by atoms with Gasteiger partial charge in [-0.25, -0.2) is 9.79 Å². The number of fused-ring (bicyclic) bond motifs is 1. The van der Waals surface area contributed by atoms with Gasteiger partial charge in [0.25, 0.3) is 0 Å². The molecule has 1 aromatic heterocycles. The van der Waals surface area contributed by atoms with Crippen molar-refractivity contribution in [2.45, 2.75) is 33.2 Å². The maximum Gasteiger partial charge on any atom is 0.338 e. The highest BCUT2D eigenvalue weighted by Crippen LogP contribution is 2.46. The van der Waals surface area contributed by atoms with Gasteiger partial charge in [0.1, 0.15) is 6.04 Å². The molecule has 32 heavy (non-hydrogen) atoms. The number of hydrogen-bond donors (Lipinski definition) is 0. The van der Waals surface area contributed by atoms with Gasteiger partial charge in [0.2, 0.25) is 11.8 Å². The van der Waals surface area contributed by atoms with Crippen LogP contribution in [0.4, 0.5) is 0 Å². The van der Waals surface area contributed by atoms with Crippen LogP contribution in [0.25, 0.3) is 0 Å². The van der Waals surface area contributed by atoms with Gasteiger partial charge in [-0.3, -0.25) is 9.59 Å². The van der Waals surface area contributed by atoms with Crippen molar-refractivity contribution in [2.24, 2.45) is 4.99 Å². The summed E-state index contributed by atoms with van der Waals surface area (Å²) in [7, 11) is 0. The monoisotopic (exact) mass is 474 g/mol. The van der Waals surface area contributed by atoms with Crippen LogP contribution in [-0.2, 0) is 19.1 Å². The molecule has 1 saturated heterocycles. The number of carbonyl (C=O) groups excluding carboxylic acids is 3. The summed E-state index contributed by atoms with van der Waals surface area (Å²) in [6.07, 6.45) is 0.211. The number of rotatable bonds is 5. The first-order valence-electron chi connectivity index (χ1n) is 10.6. The van der Waals surface area contributed by atoms with Gasteiger partial charge >= 0.3 is 5.97 Å². The number of hydrogen-bond acceptors (Lipinski definition) is 8. The van der Waals surface area contributed by atoms with Crippen LogP contribution in [0.1, 0.15) is 38.1 Å². The third-order valence-electron chi connectivity index (χ3n) is 5.72. The zero-order valence-electron chi connectivity index (χ0n) is 18.4. The first-order valence-corrected chi connectivity index (χ1v) is 12.3. The molecule has 3 aliphatic rings. The van der Waals surface area contributed by atoms with Crippen LogP contribution in [0, 0.1) is 0 Å². The van der Waals surface area contributed by atoms with Gasteiger partial charge in [0.05, 0.1) is 24.3 Å². The molecule has 0 spiro atoms. The number of allylic oxidation sites excluding steroid dienone is 1. The van der Waals surface area contributed by atoms with Crippen LogP contribution in [0.3, 0.4) is 0 Å². The van der Waals surface area contributed by atoms with Crippen molar-refractivity contribution < 1.29 is 19.1 Å². The van der Waals surface area contributed by atoms with E-state index in [2.05, 4.69) is 4.99 Å². The van der Waals surface area contributed by atoms with Crippen molar-refractivity contribution in [3.8, 4) is 0 Å². The van der Waals surface area contributed by atoms with Crippen molar-refractivity contribution in [3.05, 3.63) is 44.8 Å². The number of amidine groups is 1. The number of ether oxygens (including phenoxy) is 1. The Hall–Kier alpha value is -2.59. The molecule has 10 heteroatoms. The Morgan fingerprint density at radius 2 is 1.91 bits per heavy atom. The standard InChI is InChI=1S/C22H26N4O4S2/c1-4-30-21(29)19-14(2)23-22-26(20(19)17-6-5-11-31-17)16(13-32-22)12-18(28)25-9-7-24(8-10-25)15(3)27/h5-6,11,13,20H,4,7-10,12H2,1-3H3/t20-/m0/s1. The Kier molecular flexibility index (Phi) is 6.71. The highest BCUT2D eigenvalue weighted by Gasteiger charge is 2.42. The van der Waals surface area contributed by atoms with Crippen molar-refractivity contribution >= 4 is 46.0 Å². The van der Waals surface area contributed by atoms with Crippen molar-refractivity contribution in [2.75, 3.05) is 32.8 Å². The van der Waals surface area contributed by atoms with Gasteiger partial charge in [-0.1, -0.05) is 17.8 Å². The zero-order valence-corrected chi connectivity index (χ0v) is 20.0. The van der Waals surface area contributed by atoms with Crippen LogP contribution in [0.5, 0.6) is 0 Å². The van der Waals surface area contributed by atoms with E-state index >= 15 is 0 Å². The lowest BCUT2D eigenvalue weighted by molar-refractivity contribution is -0.139. The normalized spacial score (nSPS) is 20.7. The average Bonchev–Trinajstić information content (AvgIpc) is 3.43. The molecule has 1 fully saturated rings. The molecule has 4 heterocycles. The second kappa shape index (κ2) is 9.50. The number of thiophene rings is 1. The molecule has 0 N–H and O–H groups in total. The van der Waals surface area contributed by atoms with Crippen LogP contribution < -0.4 is 0 Å². The van der Waals surface area contributed by atoms with Gasteiger partial charge in [0, 0.05) is 43.7 Å². The summed E-state index contributed by atoms with van der Waals surface area (Å²) in [6.45, 7) is 7.61. The average molecular weight is 475 g/mol. The lowest BCUT2D eigenvalue weighted by Gasteiger charge is -2.37. The smallest absolute Gasteiger partial charge is 0.338 e. The topological polar surface area (TPSA) is 82.5 Å². The van der Waals surface area contributed by atoms with E-state index in [1.54, 1.807) is 35.0 Å². The molecule has 0 unspecified atom stereocenters. The molecule has 2 amide bonds. The molecule has 1 aromatic rings. The molecule has 3 aliphatic heterocycles. The van der Waals surface area contributed by atoms with E-state index in [-0.39, 0.29) is 36.9 Å². The summed E-state index contributed by atoms with van der Waals surface area (Å²) in [4.78, 5) is 48.7. The summed E-state index contributed by atoms with van der Waals surface area (Å²) < 4.78 is 5.35. The molecular weight excluding hydrogens is 448 g/mol. The summed E-state index contributed by atoms with van der Waals surface area (Å²) >= 11 is 3.03. The number of esters is 1. The third-order valence-corrected chi connectivity index (χ3v) is 7.53. The summed E-state index contributed by atoms with van der Waals surface area (Å²) in [6, 6.07) is 3.58. The predicted molar refractivity (Wildman–Crippen MR) is 125 cm³/mol. The van der Waals surface area contributed by atoms with Crippen molar-refractivity contribution in [1.82, 2.24) is 14.7 Å². The molecule has 170 valence electrons. The van der Waals surface area contributed by atoms with E-state index in [0.717, 1.165) is 15.7 Å². The largest absolute Gasteiger partial charge is 0.463 e. The van der Waals surface area contributed by atoms with E-state index in [0.29, 0.717) is 37.4 Å². The molecule has 0 saturated carbocycles. The number of carbonyl (C=O) groups is 3. The molecular formula is C22H26N4O4S2. The molecule has 1 atom stereocenters. The predicted octanol–water partition coefficient (Wildman–Crippen LogP) is 2.97. The highest BCUT2D eigenvalue weighted by molar-refractivity contribution is 8.16. The number of amides is 2. The maximum absolute atomic E-state index is 13.1. The molecule has 0 radical (unpaired) electrons. The van der Waals surface area contributed by atoms with Gasteiger partial charge in [-0.15, -0.1) is 11.3 Å². The number of piperazine rings is 1. The number of thioether (sulfide) groups is 1. The quantitative estimate of drug-likeness (QED) is 0.611. The fourth-order valence-corrected chi connectivity index (χ4v) is 5.88. The minimum atomic E-state index is -0.380. The zero-order chi connectivity index (χ0) is 22.8. The minimum absolute atomic E-state index is 0.00944.